The van der Waals surface area contributed by atoms with Crippen LogP contribution >= 0.6 is 0 Å². The van der Waals surface area contributed by atoms with Gasteiger partial charge < -0.3 is 5.73 Å². The third-order valence-electron chi connectivity index (χ3n) is 6.05. The van der Waals surface area contributed by atoms with E-state index in [2.05, 4.69) is 25.7 Å². The lowest BCUT2D eigenvalue weighted by Crippen LogP contribution is -2.56. The van der Waals surface area contributed by atoms with Crippen LogP contribution in [0.5, 0.6) is 0 Å². The minimum atomic E-state index is 0.462. The molecule has 3 aliphatic rings. The fourth-order valence-corrected chi connectivity index (χ4v) is 5.28. The van der Waals surface area contributed by atoms with Gasteiger partial charge in [-0.05, 0) is 49.9 Å². The van der Waals surface area contributed by atoms with Crippen molar-refractivity contribution in [3.63, 3.8) is 0 Å². The minimum absolute atomic E-state index is 0.462. The molecular weight excluding hydrogens is 232 g/mol. The summed E-state index contributed by atoms with van der Waals surface area (Å²) in [7, 11) is 0. The summed E-state index contributed by atoms with van der Waals surface area (Å²) in [4.78, 5) is 2.94. The second-order valence-electron chi connectivity index (χ2n) is 8.39. The SMILES string of the molecule is CC(C)(C)C1CCCCC1N1C2CCC1CC(N)C2. The van der Waals surface area contributed by atoms with Crippen LogP contribution in [0, 0.1) is 11.3 Å². The van der Waals surface area contributed by atoms with Gasteiger partial charge in [-0.25, -0.2) is 0 Å². The zero-order valence-electron chi connectivity index (χ0n) is 13.1. The first-order valence-corrected chi connectivity index (χ1v) is 8.50. The molecular formula is C17H32N2. The molecule has 0 amide bonds. The molecule has 2 bridgehead atoms. The molecule has 2 nitrogen and oxygen atoms in total. The maximum atomic E-state index is 6.24. The minimum Gasteiger partial charge on any atom is -0.328 e. The number of piperidine rings is 1. The Kier molecular flexibility index (Phi) is 3.68. The maximum Gasteiger partial charge on any atom is 0.0134 e. The van der Waals surface area contributed by atoms with Crippen molar-refractivity contribution in [2.24, 2.45) is 17.1 Å². The molecule has 4 unspecified atom stereocenters. The molecule has 1 saturated carbocycles. The Labute approximate surface area is 119 Å². The normalized spacial score (nSPS) is 44.5. The average Bonchev–Trinajstić information content (AvgIpc) is 2.60. The van der Waals surface area contributed by atoms with E-state index in [1.807, 2.05) is 0 Å². The van der Waals surface area contributed by atoms with E-state index >= 15 is 0 Å². The van der Waals surface area contributed by atoms with Gasteiger partial charge in [0.15, 0.2) is 0 Å². The third kappa shape index (κ3) is 2.58. The highest BCUT2D eigenvalue weighted by atomic mass is 15.3. The summed E-state index contributed by atoms with van der Waals surface area (Å²) < 4.78 is 0. The van der Waals surface area contributed by atoms with Crippen LogP contribution in [0.1, 0.15) is 72.1 Å². The first kappa shape index (κ1) is 13.9. The maximum absolute atomic E-state index is 6.24. The van der Waals surface area contributed by atoms with Gasteiger partial charge in [-0.3, -0.25) is 4.90 Å². The fourth-order valence-electron chi connectivity index (χ4n) is 5.28. The molecule has 2 N–H and O–H groups in total. The lowest BCUT2D eigenvalue weighted by molar-refractivity contribution is -0.00991. The van der Waals surface area contributed by atoms with E-state index in [9.17, 15) is 0 Å². The highest BCUT2D eigenvalue weighted by Crippen LogP contribution is 2.46. The molecule has 0 aromatic carbocycles. The monoisotopic (exact) mass is 264 g/mol. The van der Waals surface area contributed by atoms with E-state index in [0.29, 0.717) is 11.5 Å². The van der Waals surface area contributed by atoms with Crippen molar-refractivity contribution in [3.8, 4) is 0 Å². The number of rotatable bonds is 1. The van der Waals surface area contributed by atoms with Crippen LogP contribution in [0.25, 0.3) is 0 Å². The molecule has 2 heterocycles. The van der Waals surface area contributed by atoms with Crippen LogP contribution in [0.4, 0.5) is 0 Å². The quantitative estimate of drug-likeness (QED) is 0.785. The van der Waals surface area contributed by atoms with E-state index in [-0.39, 0.29) is 0 Å². The molecule has 0 aromatic heterocycles. The number of nitrogens with zero attached hydrogens (tertiary/aromatic N) is 1. The van der Waals surface area contributed by atoms with Gasteiger partial charge in [0.2, 0.25) is 0 Å². The second-order valence-corrected chi connectivity index (χ2v) is 8.39. The van der Waals surface area contributed by atoms with E-state index < -0.39 is 0 Å². The Balaban J connectivity index is 1.80. The van der Waals surface area contributed by atoms with Crippen LogP contribution in [-0.2, 0) is 0 Å². The summed E-state index contributed by atoms with van der Waals surface area (Å²) >= 11 is 0. The molecule has 19 heavy (non-hydrogen) atoms. The van der Waals surface area contributed by atoms with Gasteiger partial charge in [-0.1, -0.05) is 33.6 Å². The van der Waals surface area contributed by atoms with Gasteiger partial charge in [0.25, 0.3) is 0 Å². The summed E-state index contributed by atoms with van der Waals surface area (Å²) in [6, 6.07) is 2.94. The average molecular weight is 264 g/mol. The molecule has 2 aliphatic heterocycles. The van der Waals surface area contributed by atoms with Crippen molar-refractivity contribution < 1.29 is 0 Å². The topological polar surface area (TPSA) is 29.3 Å². The van der Waals surface area contributed by atoms with Gasteiger partial charge in [0.05, 0.1) is 0 Å². The first-order chi connectivity index (χ1) is 8.97. The van der Waals surface area contributed by atoms with Crippen LogP contribution in [0.3, 0.4) is 0 Å². The zero-order chi connectivity index (χ0) is 13.6. The lowest BCUT2D eigenvalue weighted by Gasteiger charge is -2.51. The smallest absolute Gasteiger partial charge is 0.0134 e. The predicted octanol–water partition coefficient (Wildman–Crippen LogP) is 3.55. The molecule has 1 aliphatic carbocycles. The van der Waals surface area contributed by atoms with Gasteiger partial charge in [-0.2, -0.15) is 0 Å². The number of hydrogen-bond donors (Lipinski definition) is 1. The molecule has 2 heteroatoms. The van der Waals surface area contributed by atoms with Crippen molar-refractivity contribution in [1.82, 2.24) is 4.90 Å². The molecule has 4 atom stereocenters. The Morgan fingerprint density at radius 3 is 2.05 bits per heavy atom. The molecule has 0 spiro atoms. The summed E-state index contributed by atoms with van der Waals surface area (Å²) in [6.07, 6.45) is 11.1. The standard InChI is InChI=1S/C17H32N2/c1-17(2,3)15-6-4-5-7-16(15)19-13-8-9-14(19)11-12(18)10-13/h12-16H,4-11,18H2,1-3H3. The summed E-state index contributed by atoms with van der Waals surface area (Å²) in [5.41, 5.74) is 6.70. The molecule has 3 fully saturated rings. The van der Waals surface area contributed by atoms with Gasteiger partial charge in [0.1, 0.15) is 0 Å². The van der Waals surface area contributed by atoms with Crippen molar-refractivity contribution in [1.29, 1.82) is 0 Å². The van der Waals surface area contributed by atoms with E-state index in [0.717, 1.165) is 24.0 Å². The molecule has 0 radical (unpaired) electrons. The second kappa shape index (κ2) is 5.04. The van der Waals surface area contributed by atoms with Crippen molar-refractivity contribution in [2.75, 3.05) is 0 Å². The van der Waals surface area contributed by atoms with E-state index in [1.54, 1.807) is 0 Å². The highest BCUT2D eigenvalue weighted by Gasteiger charge is 2.47. The first-order valence-electron chi connectivity index (χ1n) is 8.50. The third-order valence-corrected chi connectivity index (χ3v) is 6.05. The summed E-state index contributed by atoms with van der Waals surface area (Å²) in [5.74, 6) is 0.888. The molecule has 0 aromatic rings. The van der Waals surface area contributed by atoms with Crippen LogP contribution in [0.2, 0.25) is 0 Å². The Bertz CT molecular complexity index is 306. The molecule has 2 saturated heterocycles. The number of hydrogen-bond acceptors (Lipinski definition) is 2. The zero-order valence-corrected chi connectivity index (χ0v) is 13.1. The van der Waals surface area contributed by atoms with Crippen LogP contribution in [-0.4, -0.2) is 29.1 Å². The predicted molar refractivity (Wildman–Crippen MR) is 81.1 cm³/mol. The number of nitrogens with two attached hydrogens (primary N) is 1. The van der Waals surface area contributed by atoms with Crippen LogP contribution < -0.4 is 5.73 Å². The van der Waals surface area contributed by atoms with Gasteiger partial charge in [-0.15, -0.1) is 0 Å². The molecule has 3 rings (SSSR count). The largest absolute Gasteiger partial charge is 0.328 e. The summed E-state index contributed by atoms with van der Waals surface area (Å²) in [5, 5.41) is 0. The highest BCUT2D eigenvalue weighted by molar-refractivity contribution is 5.02. The van der Waals surface area contributed by atoms with Gasteiger partial charge >= 0.3 is 0 Å². The Hall–Kier alpha value is -0.0800. The number of fused-ring (bicyclic) bond motifs is 2. The van der Waals surface area contributed by atoms with Crippen molar-refractivity contribution in [3.05, 3.63) is 0 Å². The van der Waals surface area contributed by atoms with Crippen molar-refractivity contribution >= 4 is 0 Å². The fraction of sp³-hybridized carbons (Fsp3) is 1.00. The lowest BCUT2D eigenvalue weighted by atomic mass is 9.68. The Morgan fingerprint density at radius 2 is 1.47 bits per heavy atom. The van der Waals surface area contributed by atoms with Crippen LogP contribution in [0.15, 0.2) is 0 Å². The van der Waals surface area contributed by atoms with Crippen molar-refractivity contribution in [2.45, 2.75) is 96.3 Å². The van der Waals surface area contributed by atoms with E-state index in [1.165, 1.54) is 51.4 Å². The Morgan fingerprint density at radius 1 is 0.895 bits per heavy atom. The van der Waals surface area contributed by atoms with Gasteiger partial charge in [0, 0.05) is 24.2 Å². The summed E-state index contributed by atoms with van der Waals surface area (Å²) in [6.45, 7) is 7.36. The molecule has 110 valence electrons. The van der Waals surface area contributed by atoms with E-state index in [4.69, 9.17) is 5.73 Å².